The lowest BCUT2D eigenvalue weighted by molar-refractivity contribution is -0.388. The van der Waals surface area contributed by atoms with Crippen LogP contribution in [0.4, 0.5) is 26.3 Å². The summed E-state index contributed by atoms with van der Waals surface area (Å²) in [5.41, 5.74) is 0.231. The smallest absolute Gasteiger partial charge is 0.459 e. The molecule has 3 N–H and O–H groups in total. The van der Waals surface area contributed by atoms with E-state index >= 15 is 0 Å². The maximum Gasteiger partial charge on any atom is 0.461 e. The van der Waals surface area contributed by atoms with Gasteiger partial charge in [-0.1, -0.05) is 35.5 Å². The zero-order valence-electron chi connectivity index (χ0n) is 13.1. The first kappa shape index (κ1) is 20.1. The van der Waals surface area contributed by atoms with Gasteiger partial charge in [0.05, 0.1) is 6.26 Å². The summed E-state index contributed by atoms with van der Waals surface area (Å²) in [6.07, 6.45) is -11.4. The molecule has 0 aliphatic heterocycles. The number of furan rings is 1. The fraction of sp³-hybridized carbons (Fsp3) is 0.200. The van der Waals surface area contributed by atoms with Crippen LogP contribution in [-0.2, 0) is 4.84 Å². The van der Waals surface area contributed by atoms with Gasteiger partial charge in [0.2, 0.25) is 0 Å². The summed E-state index contributed by atoms with van der Waals surface area (Å²) in [7, 11) is 0. The van der Waals surface area contributed by atoms with Gasteiger partial charge < -0.3 is 15.0 Å². The van der Waals surface area contributed by atoms with Crippen LogP contribution in [0.2, 0.25) is 0 Å². The SMILES string of the molecule is N/C(=N\OC(NC(=O)c1ccco1)(C(F)(F)F)C(F)(F)F)c1ccccc1. The Morgan fingerprint density at radius 1 is 1.00 bits per heavy atom. The molecule has 6 nitrogen and oxygen atoms in total. The van der Waals surface area contributed by atoms with E-state index < -0.39 is 35.6 Å². The highest BCUT2D eigenvalue weighted by atomic mass is 19.4. The van der Waals surface area contributed by atoms with Crippen LogP contribution in [0.25, 0.3) is 0 Å². The van der Waals surface area contributed by atoms with Crippen molar-refractivity contribution in [3.05, 3.63) is 60.1 Å². The summed E-state index contributed by atoms with van der Waals surface area (Å²) in [5, 5.41) is 3.50. The van der Waals surface area contributed by atoms with E-state index in [4.69, 9.17) is 5.73 Å². The lowest BCUT2D eigenvalue weighted by Gasteiger charge is -2.34. The maximum absolute atomic E-state index is 13.3. The Hall–Kier alpha value is -3.18. The Kier molecular flexibility index (Phi) is 5.38. The van der Waals surface area contributed by atoms with Gasteiger partial charge in [-0.05, 0) is 12.1 Å². The van der Waals surface area contributed by atoms with Crippen LogP contribution < -0.4 is 11.1 Å². The number of halogens is 6. The van der Waals surface area contributed by atoms with Crippen LogP contribution in [0.3, 0.4) is 0 Å². The summed E-state index contributed by atoms with van der Waals surface area (Å²) in [5.74, 6) is -3.37. The molecule has 2 aromatic rings. The molecule has 27 heavy (non-hydrogen) atoms. The molecule has 2 rings (SSSR count). The van der Waals surface area contributed by atoms with Gasteiger partial charge in [0.1, 0.15) is 0 Å². The molecule has 0 saturated carbocycles. The summed E-state index contributed by atoms with van der Waals surface area (Å²) >= 11 is 0. The van der Waals surface area contributed by atoms with Gasteiger partial charge in [0.25, 0.3) is 5.91 Å². The van der Waals surface area contributed by atoms with Gasteiger partial charge in [-0.3, -0.25) is 10.1 Å². The van der Waals surface area contributed by atoms with Crippen molar-refractivity contribution in [2.45, 2.75) is 18.1 Å². The van der Waals surface area contributed by atoms with Gasteiger partial charge in [0, 0.05) is 5.56 Å². The molecule has 0 atom stereocenters. The number of nitrogens with zero attached hydrogens (tertiary/aromatic N) is 1. The lowest BCUT2D eigenvalue weighted by Crippen LogP contribution is -2.68. The molecule has 0 unspecified atom stereocenters. The Bertz CT molecular complexity index is 786. The molecule has 0 bridgehead atoms. The Balaban J connectivity index is 2.44. The molecule has 1 amide bonds. The average Bonchev–Trinajstić information content (AvgIpc) is 3.11. The standard InChI is InChI=1S/C15H11F6N3O3/c16-14(17,18)13(15(19,20)21,23-12(25)10-7-4-8-26-10)27-24-11(22)9-5-2-1-3-6-9/h1-8H,(H2,22,24)(H,23,25). The predicted molar refractivity (Wildman–Crippen MR) is 79.3 cm³/mol. The zero-order chi connectivity index (χ0) is 20.3. The molecule has 12 heteroatoms. The monoisotopic (exact) mass is 395 g/mol. The second kappa shape index (κ2) is 7.21. The van der Waals surface area contributed by atoms with Crippen LogP contribution in [0.1, 0.15) is 16.1 Å². The normalized spacial score (nSPS) is 13.3. The van der Waals surface area contributed by atoms with Crippen molar-refractivity contribution in [3.8, 4) is 0 Å². The van der Waals surface area contributed by atoms with Crippen molar-refractivity contribution in [3.63, 3.8) is 0 Å². The molecule has 0 saturated heterocycles. The molecule has 0 radical (unpaired) electrons. The molecule has 1 heterocycles. The molecule has 0 aliphatic carbocycles. The first-order valence-corrected chi connectivity index (χ1v) is 7.04. The van der Waals surface area contributed by atoms with Crippen molar-refractivity contribution in [1.29, 1.82) is 0 Å². The number of nitrogens with one attached hydrogen (secondary N) is 1. The first-order valence-electron chi connectivity index (χ1n) is 7.04. The number of carbonyl (C=O) groups is 1. The minimum atomic E-state index is -6.13. The third-order valence-corrected chi connectivity index (χ3v) is 3.18. The topological polar surface area (TPSA) is 89.9 Å². The number of alkyl halides is 6. The zero-order valence-corrected chi connectivity index (χ0v) is 13.1. The molecule has 1 aromatic carbocycles. The van der Waals surface area contributed by atoms with E-state index in [9.17, 15) is 31.1 Å². The number of benzene rings is 1. The van der Waals surface area contributed by atoms with Gasteiger partial charge in [-0.15, -0.1) is 0 Å². The summed E-state index contributed by atoms with van der Waals surface area (Å²) in [6.45, 7) is 0. The summed E-state index contributed by atoms with van der Waals surface area (Å²) < 4.78 is 84.5. The maximum atomic E-state index is 13.3. The number of amidine groups is 1. The van der Waals surface area contributed by atoms with Crippen LogP contribution in [-0.4, -0.2) is 29.8 Å². The molecule has 1 aromatic heterocycles. The number of nitrogens with two attached hydrogens (primary N) is 1. The molecule has 0 fully saturated rings. The Labute approximate surface area is 147 Å². The van der Waals surface area contributed by atoms with Crippen LogP contribution in [0, 0.1) is 0 Å². The minimum absolute atomic E-state index is 0.00751. The molecule has 146 valence electrons. The number of carbonyl (C=O) groups excluding carboxylic acids is 1. The fourth-order valence-electron chi connectivity index (χ4n) is 1.84. The second-order valence-corrected chi connectivity index (χ2v) is 5.04. The van der Waals surface area contributed by atoms with E-state index in [2.05, 4.69) is 14.4 Å². The average molecular weight is 395 g/mol. The second-order valence-electron chi connectivity index (χ2n) is 5.04. The van der Waals surface area contributed by atoms with Crippen molar-refractivity contribution in [1.82, 2.24) is 5.32 Å². The third kappa shape index (κ3) is 4.15. The van der Waals surface area contributed by atoms with Gasteiger partial charge in [-0.2, -0.15) is 26.3 Å². The molecule has 0 spiro atoms. The highest BCUT2D eigenvalue weighted by Gasteiger charge is 2.76. The highest BCUT2D eigenvalue weighted by Crippen LogP contribution is 2.44. The van der Waals surface area contributed by atoms with E-state index in [1.54, 1.807) is 0 Å². The number of hydrogen-bond acceptors (Lipinski definition) is 4. The molecular weight excluding hydrogens is 384 g/mol. The summed E-state index contributed by atoms with van der Waals surface area (Å²) in [6, 6.07) is 8.93. The Morgan fingerprint density at radius 2 is 1.59 bits per heavy atom. The van der Waals surface area contributed by atoms with E-state index in [0.717, 1.165) is 23.7 Å². The van der Waals surface area contributed by atoms with E-state index in [0.29, 0.717) is 0 Å². The fourth-order valence-corrected chi connectivity index (χ4v) is 1.84. The first-order chi connectivity index (χ1) is 12.5. The summed E-state index contributed by atoms with van der Waals surface area (Å²) in [4.78, 5) is 15.5. The lowest BCUT2D eigenvalue weighted by atomic mass is 10.2. The third-order valence-electron chi connectivity index (χ3n) is 3.18. The van der Waals surface area contributed by atoms with Crippen LogP contribution in [0.15, 0.2) is 58.3 Å². The van der Waals surface area contributed by atoms with E-state index in [1.165, 1.54) is 30.3 Å². The Morgan fingerprint density at radius 3 is 2.07 bits per heavy atom. The van der Waals surface area contributed by atoms with Gasteiger partial charge in [-0.25, -0.2) is 0 Å². The van der Waals surface area contributed by atoms with Crippen molar-refractivity contribution < 1.29 is 40.4 Å². The van der Waals surface area contributed by atoms with Crippen LogP contribution >= 0.6 is 0 Å². The van der Waals surface area contributed by atoms with Gasteiger partial charge >= 0.3 is 18.1 Å². The van der Waals surface area contributed by atoms with Crippen molar-refractivity contribution in [2.24, 2.45) is 10.9 Å². The van der Waals surface area contributed by atoms with Gasteiger partial charge in [0.15, 0.2) is 11.6 Å². The van der Waals surface area contributed by atoms with E-state index in [1.807, 2.05) is 0 Å². The number of amides is 1. The minimum Gasteiger partial charge on any atom is -0.459 e. The highest BCUT2D eigenvalue weighted by molar-refractivity contribution is 5.97. The predicted octanol–water partition coefficient (Wildman–Crippen LogP) is 3.17. The number of hydrogen-bond donors (Lipinski definition) is 2. The largest absolute Gasteiger partial charge is 0.461 e. The van der Waals surface area contributed by atoms with Crippen molar-refractivity contribution >= 4 is 11.7 Å². The molecular formula is C15H11F6N3O3. The molecule has 0 aliphatic rings. The number of oxime groups is 1. The van der Waals surface area contributed by atoms with E-state index in [-0.39, 0.29) is 5.56 Å². The number of rotatable bonds is 5. The van der Waals surface area contributed by atoms with Crippen LogP contribution in [0.5, 0.6) is 0 Å². The quantitative estimate of drug-likeness (QED) is 0.268. The van der Waals surface area contributed by atoms with Crippen molar-refractivity contribution in [2.75, 3.05) is 0 Å².